The summed E-state index contributed by atoms with van der Waals surface area (Å²) in [6.07, 6.45) is 1.15. The Bertz CT molecular complexity index is 420. The van der Waals surface area contributed by atoms with Crippen LogP contribution in [0.5, 0.6) is 0 Å². The van der Waals surface area contributed by atoms with E-state index in [0.717, 1.165) is 51.4 Å². The lowest BCUT2D eigenvalue weighted by atomic mass is 10.0. The van der Waals surface area contributed by atoms with Gasteiger partial charge < -0.3 is 10.1 Å². The molecule has 2 saturated heterocycles. The fourth-order valence-electron chi connectivity index (χ4n) is 3.07. The maximum Gasteiger partial charge on any atom is 0.123 e. The molecule has 2 heterocycles. The molecular formula is C15H21FN2O. The standard InChI is InChI=1S/C15H21FN2O/c16-14-3-1-2-13(8-14)15-9-17-5-6-18(15)10-12-4-7-19-11-12/h1-3,8,12,15,17H,4-7,9-11H2. The van der Waals surface area contributed by atoms with E-state index >= 15 is 0 Å². The summed E-state index contributed by atoms with van der Waals surface area (Å²) in [6, 6.07) is 7.28. The highest BCUT2D eigenvalue weighted by atomic mass is 19.1. The van der Waals surface area contributed by atoms with E-state index in [1.54, 1.807) is 12.1 Å². The van der Waals surface area contributed by atoms with Gasteiger partial charge in [-0.3, -0.25) is 4.90 Å². The molecule has 2 aliphatic rings. The molecule has 0 radical (unpaired) electrons. The number of nitrogens with one attached hydrogen (secondary N) is 1. The minimum Gasteiger partial charge on any atom is -0.381 e. The zero-order chi connectivity index (χ0) is 13.1. The number of nitrogens with zero attached hydrogens (tertiary/aromatic N) is 1. The first-order valence-corrected chi connectivity index (χ1v) is 7.11. The van der Waals surface area contributed by atoms with Gasteiger partial charge in [-0.2, -0.15) is 0 Å². The molecule has 4 heteroatoms. The van der Waals surface area contributed by atoms with E-state index in [0.29, 0.717) is 5.92 Å². The summed E-state index contributed by atoms with van der Waals surface area (Å²) in [4.78, 5) is 2.48. The van der Waals surface area contributed by atoms with Gasteiger partial charge in [0.2, 0.25) is 0 Å². The van der Waals surface area contributed by atoms with Crippen LogP contribution in [0.15, 0.2) is 24.3 Å². The molecule has 1 N–H and O–H groups in total. The summed E-state index contributed by atoms with van der Waals surface area (Å²) >= 11 is 0. The lowest BCUT2D eigenvalue weighted by Gasteiger charge is -2.37. The van der Waals surface area contributed by atoms with Crippen LogP contribution in [-0.4, -0.2) is 44.3 Å². The van der Waals surface area contributed by atoms with Crippen LogP contribution in [0.2, 0.25) is 0 Å². The van der Waals surface area contributed by atoms with Crippen LogP contribution < -0.4 is 5.32 Å². The molecule has 0 saturated carbocycles. The molecule has 3 rings (SSSR count). The van der Waals surface area contributed by atoms with Crippen molar-refractivity contribution >= 4 is 0 Å². The van der Waals surface area contributed by atoms with Gasteiger partial charge in [-0.05, 0) is 30.0 Å². The molecule has 0 spiro atoms. The van der Waals surface area contributed by atoms with Crippen molar-refractivity contribution in [3.8, 4) is 0 Å². The number of halogens is 1. The van der Waals surface area contributed by atoms with Crippen molar-refractivity contribution in [1.82, 2.24) is 10.2 Å². The minimum atomic E-state index is -0.146. The van der Waals surface area contributed by atoms with E-state index in [9.17, 15) is 4.39 Å². The second-order valence-corrected chi connectivity index (χ2v) is 5.50. The van der Waals surface area contributed by atoms with Gasteiger partial charge in [-0.15, -0.1) is 0 Å². The third kappa shape index (κ3) is 3.14. The van der Waals surface area contributed by atoms with Gasteiger partial charge in [0, 0.05) is 38.8 Å². The fourth-order valence-corrected chi connectivity index (χ4v) is 3.07. The average molecular weight is 264 g/mol. The zero-order valence-corrected chi connectivity index (χ0v) is 11.1. The number of benzene rings is 1. The van der Waals surface area contributed by atoms with Crippen molar-refractivity contribution in [3.63, 3.8) is 0 Å². The van der Waals surface area contributed by atoms with E-state index < -0.39 is 0 Å². The Morgan fingerprint density at radius 2 is 2.37 bits per heavy atom. The Kier molecular flexibility index (Phi) is 4.11. The first-order valence-electron chi connectivity index (χ1n) is 7.11. The number of piperazine rings is 1. The third-order valence-corrected chi connectivity index (χ3v) is 4.10. The quantitative estimate of drug-likeness (QED) is 0.901. The number of ether oxygens (including phenoxy) is 1. The lowest BCUT2D eigenvalue weighted by Crippen LogP contribution is -2.47. The summed E-state index contributed by atoms with van der Waals surface area (Å²) in [6.45, 7) is 5.76. The van der Waals surface area contributed by atoms with Gasteiger partial charge in [0.25, 0.3) is 0 Å². The Labute approximate surface area is 113 Å². The lowest BCUT2D eigenvalue weighted by molar-refractivity contribution is 0.123. The number of hydrogen-bond acceptors (Lipinski definition) is 3. The third-order valence-electron chi connectivity index (χ3n) is 4.10. The molecule has 0 aromatic heterocycles. The van der Waals surface area contributed by atoms with E-state index in [1.165, 1.54) is 6.07 Å². The van der Waals surface area contributed by atoms with Gasteiger partial charge in [0.05, 0.1) is 6.61 Å². The average Bonchev–Trinajstić information content (AvgIpc) is 2.92. The second kappa shape index (κ2) is 5.99. The van der Waals surface area contributed by atoms with Crippen LogP contribution in [0.25, 0.3) is 0 Å². The Balaban J connectivity index is 1.72. The maximum absolute atomic E-state index is 13.4. The van der Waals surface area contributed by atoms with Crippen LogP contribution in [0.3, 0.4) is 0 Å². The molecule has 2 fully saturated rings. The monoisotopic (exact) mass is 264 g/mol. The first kappa shape index (κ1) is 13.0. The minimum absolute atomic E-state index is 0.146. The van der Waals surface area contributed by atoms with Gasteiger partial charge in [0.15, 0.2) is 0 Å². The van der Waals surface area contributed by atoms with Crippen molar-refractivity contribution < 1.29 is 9.13 Å². The van der Waals surface area contributed by atoms with Crippen LogP contribution >= 0.6 is 0 Å². The van der Waals surface area contributed by atoms with Crippen LogP contribution in [0.4, 0.5) is 4.39 Å². The predicted molar refractivity (Wildman–Crippen MR) is 72.5 cm³/mol. The summed E-state index contributed by atoms with van der Waals surface area (Å²) < 4.78 is 18.9. The molecule has 104 valence electrons. The molecule has 2 unspecified atom stereocenters. The summed E-state index contributed by atoms with van der Waals surface area (Å²) in [7, 11) is 0. The highest BCUT2D eigenvalue weighted by Gasteiger charge is 2.27. The van der Waals surface area contributed by atoms with Crippen molar-refractivity contribution in [1.29, 1.82) is 0 Å². The molecular weight excluding hydrogens is 243 g/mol. The van der Waals surface area contributed by atoms with E-state index in [4.69, 9.17) is 4.74 Å². The van der Waals surface area contributed by atoms with E-state index in [1.807, 2.05) is 6.07 Å². The van der Waals surface area contributed by atoms with Crippen molar-refractivity contribution in [2.24, 2.45) is 5.92 Å². The highest BCUT2D eigenvalue weighted by molar-refractivity contribution is 5.21. The SMILES string of the molecule is Fc1cccc(C2CNCCN2CC2CCOC2)c1. The molecule has 3 nitrogen and oxygen atoms in total. The van der Waals surface area contributed by atoms with E-state index in [-0.39, 0.29) is 11.9 Å². The second-order valence-electron chi connectivity index (χ2n) is 5.50. The molecule has 0 amide bonds. The summed E-state index contributed by atoms with van der Waals surface area (Å²) in [5.74, 6) is 0.487. The zero-order valence-electron chi connectivity index (χ0n) is 11.1. The summed E-state index contributed by atoms with van der Waals surface area (Å²) in [5.41, 5.74) is 1.08. The van der Waals surface area contributed by atoms with Gasteiger partial charge >= 0.3 is 0 Å². The first-order chi connectivity index (χ1) is 9.33. The highest BCUT2D eigenvalue weighted by Crippen LogP contribution is 2.25. The maximum atomic E-state index is 13.4. The van der Waals surface area contributed by atoms with Crippen LogP contribution in [0, 0.1) is 11.7 Å². The van der Waals surface area contributed by atoms with Gasteiger partial charge in [-0.25, -0.2) is 4.39 Å². The molecule has 19 heavy (non-hydrogen) atoms. The molecule has 1 aromatic rings. The largest absolute Gasteiger partial charge is 0.381 e. The van der Waals surface area contributed by atoms with Crippen LogP contribution in [0.1, 0.15) is 18.0 Å². The van der Waals surface area contributed by atoms with E-state index in [2.05, 4.69) is 10.2 Å². The smallest absolute Gasteiger partial charge is 0.123 e. The molecule has 0 bridgehead atoms. The predicted octanol–water partition coefficient (Wildman–Crippen LogP) is 1.81. The van der Waals surface area contributed by atoms with Gasteiger partial charge in [-0.1, -0.05) is 12.1 Å². The topological polar surface area (TPSA) is 24.5 Å². The Morgan fingerprint density at radius 3 is 3.16 bits per heavy atom. The van der Waals surface area contributed by atoms with Crippen molar-refractivity contribution in [2.45, 2.75) is 12.5 Å². The molecule has 2 aliphatic heterocycles. The fraction of sp³-hybridized carbons (Fsp3) is 0.600. The molecule has 1 aromatic carbocycles. The van der Waals surface area contributed by atoms with Crippen LogP contribution in [-0.2, 0) is 4.74 Å². The van der Waals surface area contributed by atoms with Gasteiger partial charge in [0.1, 0.15) is 5.82 Å². The number of hydrogen-bond donors (Lipinski definition) is 1. The Morgan fingerprint density at radius 1 is 1.42 bits per heavy atom. The molecule has 2 atom stereocenters. The van der Waals surface area contributed by atoms with Crippen molar-refractivity contribution in [3.05, 3.63) is 35.6 Å². The van der Waals surface area contributed by atoms with Crippen molar-refractivity contribution in [2.75, 3.05) is 39.4 Å². The normalized spacial score (nSPS) is 28.7. The molecule has 0 aliphatic carbocycles. The Hall–Kier alpha value is -0.970. The summed E-state index contributed by atoms with van der Waals surface area (Å²) in [5, 5.41) is 3.41. The number of rotatable bonds is 3.